The molecule has 2 rings (SSSR count). The predicted octanol–water partition coefficient (Wildman–Crippen LogP) is 2.76. The summed E-state index contributed by atoms with van der Waals surface area (Å²) in [4.78, 5) is 14.8. The summed E-state index contributed by atoms with van der Waals surface area (Å²) < 4.78 is 6.29. The van der Waals surface area contributed by atoms with E-state index in [2.05, 4.69) is 15.9 Å². The van der Waals surface area contributed by atoms with Crippen LogP contribution < -0.4 is 0 Å². The monoisotopic (exact) mass is 303 g/mol. The normalized spacial score (nSPS) is 17.4. The Hall–Kier alpha value is -0.390. The molecule has 1 fully saturated rings. The first-order chi connectivity index (χ1) is 7.68. The minimum absolute atomic E-state index is 0.114. The van der Waals surface area contributed by atoms with Gasteiger partial charge in [-0.1, -0.05) is 0 Å². The highest BCUT2D eigenvalue weighted by atomic mass is 79.9. The van der Waals surface area contributed by atoms with Crippen LogP contribution in [0.2, 0.25) is 0 Å². The Labute approximate surface area is 108 Å². The van der Waals surface area contributed by atoms with E-state index in [4.69, 9.17) is 4.74 Å². The molecule has 16 heavy (non-hydrogen) atoms. The summed E-state index contributed by atoms with van der Waals surface area (Å²) in [5, 5.41) is 0. The SMILES string of the molecule is CN(C(=O)c1ccc(Br)s1)C1CCOCC1. The smallest absolute Gasteiger partial charge is 0.263 e. The molecule has 0 spiro atoms. The van der Waals surface area contributed by atoms with Crippen LogP contribution in [0.5, 0.6) is 0 Å². The van der Waals surface area contributed by atoms with Gasteiger partial charge in [0.1, 0.15) is 0 Å². The molecule has 1 aromatic heterocycles. The standard InChI is InChI=1S/C11H14BrNO2S/c1-13(8-4-6-15-7-5-8)11(14)9-2-3-10(12)16-9/h2-3,8H,4-7H2,1H3. The summed E-state index contributed by atoms with van der Waals surface area (Å²) in [5.41, 5.74) is 0. The Morgan fingerprint density at radius 3 is 2.75 bits per heavy atom. The van der Waals surface area contributed by atoms with Crippen molar-refractivity contribution in [3.63, 3.8) is 0 Å². The molecule has 2 heterocycles. The number of hydrogen-bond donors (Lipinski definition) is 0. The summed E-state index contributed by atoms with van der Waals surface area (Å²) in [6.07, 6.45) is 1.88. The van der Waals surface area contributed by atoms with Crippen molar-refractivity contribution in [1.29, 1.82) is 0 Å². The first-order valence-corrected chi connectivity index (χ1v) is 6.89. The minimum atomic E-state index is 0.114. The van der Waals surface area contributed by atoms with Gasteiger partial charge >= 0.3 is 0 Å². The molecular weight excluding hydrogens is 290 g/mol. The van der Waals surface area contributed by atoms with Crippen LogP contribution in [-0.4, -0.2) is 37.1 Å². The van der Waals surface area contributed by atoms with Crippen molar-refractivity contribution in [3.05, 3.63) is 20.8 Å². The molecule has 0 bridgehead atoms. The summed E-state index contributed by atoms with van der Waals surface area (Å²) in [6, 6.07) is 4.10. The number of halogens is 1. The van der Waals surface area contributed by atoms with Gasteiger partial charge in [0.05, 0.1) is 8.66 Å². The fourth-order valence-electron chi connectivity index (χ4n) is 1.84. The van der Waals surface area contributed by atoms with Crippen LogP contribution >= 0.6 is 27.3 Å². The van der Waals surface area contributed by atoms with Crippen molar-refractivity contribution in [3.8, 4) is 0 Å². The van der Waals surface area contributed by atoms with E-state index in [1.54, 1.807) is 0 Å². The molecule has 1 saturated heterocycles. The number of rotatable bonds is 2. The quantitative estimate of drug-likeness (QED) is 0.841. The Kier molecular flexibility index (Phi) is 4.00. The second-order valence-corrected chi connectivity index (χ2v) is 6.33. The highest BCUT2D eigenvalue weighted by Crippen LogP contribution is 2.24. The molecule has 3 nitrogen and oxygen atoms in total. The lowest BCUT2D eigenvalue weighted by Crippen LogP contribution is -2.40. The maximum absolute atomic E-state index is 12.1. The van der Waals surface area contributed by atoms with E-state index in [1.807, 2.05) is 24.1 Å². The van der Waals surface area contributed by atoms with Gasteiger partial charge in [-0.05, 0) is 40.9 Å². The lowest BCUT2D eigenvalue weighted by molar-refractivity contribution is 0.0365. The molecule has 1 aliphatic rings. The van der Waals surface area contributed by atoms with Crippen molar-refractivity contribution in [1.82, 2.24) is 4.90 Å². The van der Waals surface area contributed by atoms with E-state index in [0.717, 1.165) is 34.7 Å². The molecule has 5 heteroatoms. The molecule has 0 N–H and O–H groups in total. The van der Waals surface area contributed by atoms with Gasteiger partial charge in [-0.2, -0.15) is 0 Å². The van der Waals surface area contributed by atoms with Gasteiger partial charge in [-0.15, -0.1) is 11.3 Å². The zero-order valence-corrected chi connectivity index (χ0v) is 11.5. The van der Waals surface area contributed by atoms with Gasteiger partial charge in [0, 0.05) is 26.3 Å². The second kappa shape index (κ2) is 5.29. The van der Waals surface area contributed by atoms with Crippen LogP contribution in [0.3, 0.4) is 0 Å². The topological polar surface area (TPSA) is 29.5 Å². The summed E-state index contributed by atoms with van der Waals surface area (Å²) in [6.45, 7) is 1.52. The molecule has 0 aromatic carbocycles. The maximum Gasteiger partial charge on any atom is 0.263 e. The third-order valence-corrected chi connectivity index (χ3v) is 4.45. The predicted molar refractivity (Wildman–Crippen MR) is 68.0 cm³/mol. The van der Waals surface area contributed by atoms with Gasteiger partial charge in [0.2, 0.25) is 0 Å². The third-order valence-electron chi connectivity index (χ3n) is 2.84. The van der Waals surface area contributed by atoms with Crippen LogP contribution in [0.15, 0.2) is 15.9 Å². The number of carbonyl (C=O) groups excluding carboxylic acids is 1. The molecular formula is C11H14BrNO2S. The van der Waals surface area contributed by atoms with E-state index in [9.17, 15) is 4.79 Å². The fraction of sp³-hybridized carbons (Fsp3) is 0.545. The average molecular weight is 304 g/mol. The van der Waals surface area contributed by atoms with E-state index < -0.39 is 0 Å². The summed E-state index contributed by atoms with van der Waals surface area (Å²) >= 11 is 4.86. The Balaban J connectivity index is 2.03. The van der Waals surface area contributed by atoms with E-state index >= 15 is 0 Å². The van der Waals surface area contributed by atoms with Gasteiger partial charge in [-0.25, -0.2) is 0 Å². The van der Waals surface area contributed by atoms with Gasteiger partial charge in [0.15, 0.2) is 0 Å². The molecule has 88 valence electrons. The number of carbonyl (C=O) groups is 1. The summed E-state index contributed by atoms with van der Waals surface area (Å²) in [7, 11) is 1.88. The zero-order valence-electron chi connectivity index (χ0n) is 9.11. The van der Waals surface area contributed by atoms with Gasteiger partial charge < -0.3 is 9.64 Å². The van der Waals surface area contributed by atoms with E-state index in [1.165, 1.54) is 11.3 Å². The Bertz CT molecular complexity index is 374. The molecule has 0 radical (unpaired) electrons. The zero-order chi connectivity index (χ0) is 11.5. The number of hydrogen-bond acceptors (Lipinski definition) is 3. The largest absolute Gasteiger partial charge is 0.381 e. The molecule has 1 amide bonds. The highest BCUT2D eigenvalue weighted by Gasteiger charge is 2.24. The van der Waals surface area contributed by atoms with Gasteiger partial charge in [-0.3, -0.25) is 4.79 Å². The fourth-order valence-corrected chi connectivity index (χ4v) is 3.21. The van der Waals surface area contributed by atoms with Crippen LogP contribution in [0.4, 0.5) is 0 Å². The molecule has 0 atom stereocenters. The third kappa shape index (κ3) is 2.64. The number of thiophene rings is 1. The number of ether oxygens (including phenoxy) is 1. The molecule has 0 aliphatic carbocycles. The van der Waals surface area contributed by atoms with Crippen molar-refractivity contribution < 1.29 is 9.53 Å². The number of amides is 1. The first kappa shape index (κ1) is 12.1. The molecule has 0 saturated carbocycles. The van der Waals surface area contributed by atoms with E-state index in [-0.39, 0.29) is 5.91 Å². The van der Waals surface area contributed by atoms with Crippen molar-refractivity contribution in [2.75, 3.05) is 20.3 Å². The van der Waals surface area contributed by atoms with Gasteiger partial charge in [0.25, 0.3) is 5.91 Å². The van der Waals surface area contributed by atoms with E-state index in [0.29, 0.717) is 6.04 Å². The lowest BCUT2D eigenvalue weighted by atomic mass is 10.1. The van der Waals surface area contributed by atoms with Crippen molar-refractivity contribution in [2.45, 2.75) is 18.9 Å². The van der Waals surface area contributed by atoms with Crippen LogP contribution in [0.1, 0.15) is 22.5 Å². The maximum atomic E-state index is 12.1. The van der Waals surface area contributed by atoms with Crippen LogP contribution in [-0.2, 0) is 4.74 Å². The Morgan fingerprint density at radius 1 is 1.50 bits per heavy atom. The lowest BCUT2D eigenvalue weighted by Gasteiger charge is -2.30. The highest BCUT2D eigenvalue weighted by molar-refractivity contribution is 9.11. The van der Waals surface area contributed by atoms with Crippen LogP contribution in [0.25, 0.3) is 0 Å². The van der Waals surface area contributed by atoms with Crippen molar-refractivity contribution >= 4 is 33.2 Å². The molecule has 0 unspecified atom stereocenters. The average Bonchev–Trinajstić information content (AvgIpc) is 2.75. The van der Waals surface area contributed by atoms with Crippen molar-refractivity contribution in [2.24, 2.45) is 0 Å². The molecule has 1 aliphatic heterocycles. The minimum Gasteiger partial charge on any atom is -0.381 e. The second-order valence-electron chi connectivity index (χ2n) is 3.86. The first-order valence-electron chi connectivity index (χ1n) is 5.28. The Morgan fingerprint density at radius 2 is 2.19 bits per heavy atom. The number of nitrogens with zero attached hydrogens (tertiary/aromatic N) is 1. The summed E-state index contributed by atoms with van der Waals surface area (Å²) in [5.74, 6) is 0.114. The van der Waals surface area contributed by atoms with Crippen LogP contribution in [0, 0.1) is 0 Å². The molecule has 1 aromatic rings.